The van der Waals surface area contributed by atoms with Gasteiger partial charge in [0.1, 0.15) is 5.75 Å². The molecule has 0 bridgehead atoms. The maximum absolute atomic E-state index is 11.1. The van der Waals surface area contributed by atoms with Gasteiger partial charge in [-0.15, -0.1) is 0 Å². The summed E-state index contributed by atoms with van der Waals surface area (Å²) in [5.41, 5.74) is 0.953. The Kier molecular flexibility index (Phi) is 4.87. The van der Waals surface area contributed by atoms with Crippen molar-refractivity contribution in [2.24, 2.45) is 4.99 Å². The number of para-hydroxylation sites is 2. The molecule has 0 spiro atoms. The van der Waals surface area contributed by atoms with Crippen molar-refractivity contribution in [3.05, 3.63) is 59.7 Å². The smallest absolute Gasteiger partial charge is 0.341 e. The number of ether oxygens (including phenoxy) is 1. The standard InChI is InChI=1S/C16H13NO5/c18-15(19)10-22-14-8-4-1-5-11(14)9-17-13-7-3-2-6-12(13)16(20)21/h1-9H,10H2,(H,18,19)(H,20,21). The Morgan fingerprint density at radius 2 is 1.73 bits per heavy atom. The number of aliphatic imine (C=N–C) groups is 1. The van der Waals surface area contributed by atoms with Crippen LogP contribution in [0.25, 0.3) is 0 Å². The normalized spacial score (nSPS) is 10.5. The molecule has 0 saturated heterocycles. The fourth-order valence-electron chi connectivity index (χ4n) is 1.76. The molecule has 112 valence electrons. The van der Waals surface area contributed by atoms with E-state index in [1.54, 1.807) is 42.5 Å². The number of aliphatic carboxylic acids is 1. The molecule has 0 aliphatic rings. The van der Waals surface area contributed by atoms with Gasteiger partial charge in [0, 0.05) is 11.8 Å². The molecule has 0 radical (unpaired) electrons. The number of hydrogen-bond acceptors (Lipinski definition) is 4. The molecule has 0 amide bonds. The van der Waals surface area contributed by atoms with Gasteiger partial charge in [-0.25, -0.2) is 9.59 Å². The lowest BCUT2D eigenvalue weighted by atomic mass is 10.2. The fourth-order valence-corrected chi connectivity index (χ4v) is 1.76. The van der Waals surface area contributed by atoms with Crippen LogP contribution in [0.4, 0.5) is 5.69 Å². The minimum absolute atomic E-state index is 0.0858. The quantitative estimate of drug-likeness (QED) is 0.799. The van der Waals surface area contributed by atoms with Gasteiger partial charge in [0.2, 0.25) is 0 Å². The van der Waals surface area contributed by atoms with E-state index in [9.17, 15) is 9.59 Å². The van der Waals surface area contributed by atoms with Crippen LogP contribution < -0.4 is 4.74 Å². The first kappa shape index (κ1) is 15.2. The van der Waals surface area contributed by atoms with Gasteiger partial charge in [-0.3, -0.25) is 4.99 Å². The summed E-state index contributed by atoms with van der Waals surface area (Å²) in [6.45, 7) is -0.462. The Bertz CT molecular complexity index is 724. The van der Waals surface area contributed by atoms with Gasteiger partial charge in [0.05, 0.1) is 11.3 Å². The number of benzene rings is 2. The number of rotatable bonds is 6. The van der Waals surface area contributed by atoms with Crippen LogP contribution in [0.5, 0.6) is 5.75 Å². The molecule has 2 rings (SSSR count). The third-order valence-corrected chi connectivity index (χ3v) is 2.75. The molecule has 6 nitrogen and oxygen atoms in total. The van der Waals surface area contributed by atoms with Crippen LogP contribution >= 0.6 is 0 Å². The average Bonchev–Trinajstić information content (AvgIpc) is 2.51. The highest BCUT2D eigenvalue weighted by atomic mass is 16.5. The third-order valence-electron chi connectivity index (χ3n) is 2.75. The van der Waals surface area contributed by atoms with Crippen molar-refractivity contribution in [1.82, 2.24) is 0 Å². The van der Waals surface area contributed by atoms with E-state index in [4.69, 9.17) is 14.9 Å². The highest BCUT2D eigenvalue weighted by Gasteiger charge is 2.08. The molecule has 22 heavy (non-hydrogen) atoms. The molecule has 0 aromatic heterocycles. The third kappa shape index (κ3) is 3.92. The summed E-state index contributed by atoms with van der Waals surface area (Å²) in [6.07, 6.45) is 1.44. The van der Waals surface area contributed by atoms with E-state index in [2.05, 4.69) is 4.99 Å². The van der Waals surface area contributed by atoms with Gasteiger partial charge in [0.15, 0.2) is 6.61 Å². The first-order valence-corrected chi connectivity index (χ1v) is 6.38. The zero-order valence-corrected chi connectivity index (χ0v) is 11.5. The summed E-state index contributed by atoms with van der Waals surface area (Å²) in [4.78, 5) is 25.8. The Morgan fingerprint density at radius 1 is 1.05 bits per heavy atom. The van der Waals surface area contributed by atoms with E-state index in [-0.39, 0.29) is 5.56 Å². The second-order valence-corrected chi connectivity index (χ2v) is 4.30. The van der Waals surface area contributed by atoms with Crippen LogP contribution in [0.15, 0.2) is 53.5 Å². The second-order valence-electron chi connectivity index (χ2n) is 4.30. The van der Waals surface area contributed by atoms with E-state index in [0.29, 0.717) is 17.0 Å². The minimum atomic E-state index is -1.08. The molecule has 2 aromatic carbocycles. The molecule has 0 aliphatic carbocycles. The van der Waals surface area contributed by atoms with Crippen molar-refractivity contribution in [3.63, 3.8) is 0 Å². The van der Waals surface area contributed by atoms with E-state index >= 15 is 0 Å². The maximum Gasteiger partial charge on any atom is 0.341 e. The molecule has 0 heterocycles. The lowest BCUT2D eigenvalue weighted by molar-refractivity contribution is -0.139. The number of carbonyl (C=O) groups is 2. The predicted molar refractivity (Wildman–Crippen MR) is 80.2 cm³/mol. The average molecular weight is 299 g/mol. The van der Waals surface area contributed by atoms with Gasteiger partial charge in [-0.1, -0.05) is 24.3 Å². The van der Waals surface area contributed by atoms with Gasteiger partial charge in [0.25, 0.3) is 0 Å². The summed E-state index contributed by atoms with van der Waals surface area (Å²) in [5, 5.41) is 17.7. The lowest BCUT2D eigenvalue weighted by Crippen LogP contribution is -2.10. The maximum atomic E-state index is 11.1. The molecule has 0 aliphatic heterocycles. The molecular formula is C16H13NO5. The van der Waals surface area contributed by atoms with Crippen molar-refractivity contribution >= 4 is 23.8 Å². The van der Waals surface area contributed by atoms with E-state index in [0.717, 1.165) is 0 Å². The molecule has 2 aromatic rings. The number of hydrogen-bond donors (Lipinski definition) is 2. The van der Waals surface area contributed by atoms with E-state index < -0.39 is 18.5 Å². The summed E-state index contributed by atoms with van der Waals surface area (Å²) >= 11 is 0. The largest absolute Gasteiger partial charge is 0.481 e. The summed E-state index contributed by atoms with van der Waals surface area (Å²) in [6, 6.07) is 13.1. The van der Waals surface area contributed by atoms with Crippen LogP contribution in [-0.2, 0) is 4.79 Å². The number of carboxylic acids is 2. The van der Waals surface area contributed by atoms with Crippen molar-refractivity contribution < 1.29 is 24.5 Å². The molecule has 2 N–H and O–H groups in total. The molecule has 0 saturated carbocycles. The first-order chi connectivity index (χ1) is 10.6. The van der Waals surface area contributed by atoms with Crippen molar-refractivity contribution in [2.45, 2.75) is 0 Å². The van der Waals surface area contributed by atoms with Crippen LogP contribution in [0, 0.1) is 0 Å². The van der Waals surface area contributed by atoms with Gasteiger partial charge >= 0.3 is 11.9 Å². The Labute approximate surface area is 126 Å². The van der Waals surface area contributed by atoms with Crippen LogP contribution in [0.1, 0.15) is 15.9 Å². The predicted octanol–water partition coefficient (Wildman–Crippen LogP) is 2.60. The molecule has 6 heteroatoms. The number of carboxylic acid groups (broad SMARTS) is 2. The first-order valence-electron chi connectivity index (χ1n) is 6.38. The van der Waals surface area contributed by atoms with Crippen LogP contribution in [0.3, 0.4) is 0 Å². The Morgan fingerprint density at radius 3 is 2.45 bits per heavy atom. The summed E-state index contributed by atoms with van der Waals surface area (Å²) in [7, 11) is 0. The monoisotopic (exact) mass is 299 g/mol. The Hall–Kier alpha value is -3.15. The second kappa shape index (κ2) is 7.03. The van der Waals surface area contributed by atoms with Crippen LogP contribution in [0.2, 0.25) is 0 Å². The van der Waals surface area contributed by atoms with Crippen molar-refractivity contribution in [3.8, 4) is 5.75 Å². The van der Waals surface area contributed by atoms with E-state index in [1.165, 1.54) is 12.3 Å². The summed E-state index contributed by atoms with van der Waals surface area (Å²) in [5.74, 6) is -1.78. The minimum Gasteiger partial charge on any atom is -0.481 e. The fraction of sp³-hybridized carbons (Fsp3) is 0.0625. The highest BCUT2D eigenvalue weighted by molar-refractivity contribution is 5.95. The van der Waals surface area contributed by atoms with Gasteiger partial charge in [-0.05, 0) is 24.3 Å². The van der Waals surface area contributed by atoms with E-state index in [1.807, 2.05) is 0 Å². The van der Waals surface area contributed by atoms with Gasteiger partial charge in [-0.2, -0.15) is 0 Å². The van der Waals surface area contributed by atoms with Crippen molar-refractivity contribution in [2.75, 3.05) is 6.61 Å². The highest BCUT2D eigenvalue weighted by Crippen LogP contribution is 2.21. The molecule has 0 unspecified atom stereocenters. The topological polar surface area (TPSA) is 96.2 Å². The van der Waals surface area contributed by atoms with Gasteiger partial charge < -0.3 is 14.9 Å². The molecule has 0 fully saturated rings. The Balaban J connectivity index is 2.27. The lowest BCUT2D eigenvalue weighted by Gasteiger charge is -2.06. The molecular weight excluding hydrogens is 286 g/mol. The molecule has 0 atom stereocenters. The number of aromatic carboxylic acids is 1. The zero-order chi connectivity index (χ0) is 15.9. The zero-order valence-electron chi connectivity index (χ0n) is 11.5. The van der Waals surface area contributed by atoms with Crippen molar-refractivity contribution in [1.29, 1.82) is 0 Å². The summed E-state index contributed by atoms with van der Waals surface area (Å²) < 4.78 is 5.16. The van der Waals surface area contributed by atoms with Crippen LogP contribution in [-0.4, -0.2) is 35.0 Å². The SMILES string of the molecule is O=C(O)COc1ccccc1C=Nc1ccccc1C(=O)O. The number of nitrogens with zero attached hydrogens (tertiary/aromatic N) is 1.